The summed E-state index contributed by atoms with van der Waals surface area (Å²) in [5.41, 5.74) is 10.0. The Morgan fingerprint density at radius 2 is 0.774 bits per heavy atom. The van der Waals surface area contributed by atoms with Gasteiger partial charge in [0.15, 0.2) is 0 Å². The number of furan rings is 2. The summed E-state index contributed by atoms with van der Waals surface area (Å²) in [6.07, 6.45) is 0. The zero-order valence-corrected chi connectivity index (χ0v) is 29.1. The maximum Gasteiger partial charge on any atom is 0.143 e. The largest absolute Gasteiger partial charge is 0.461 e. The van der Waals surface area contributed by atoms with Gasteiger partial charge in [0.05, 0.1) is 0 Å². The van der Waals surface area contributed by atoms with Crippen LogP contribution in [0.15, 0.2) is 185 Å². The van der Waals surface area contributed by atoms with Gasteiger partial charge in [-0.2, -0.15) is 0 Å². The van der Waals surface area contributed by atoms with Crippen molar-refractivity contribution in [2.75, 3.05) is 0 Å². The van der Waals surface area contributed by atoms with Crippen LogP contribution in [0.5, 0.6) is 0 Å². The Balaban J connectivity index is 1.24. The third-order valence-corrected chi connectivity index (χ3v) is 11.0. The molecule has 0 radical (unpaired) electrons. The van der Waals surface area contributed by atoms with Crippen LogP contribution in [0.3, 0.4) is 0 Å². The van der Waals surface area contributed by atoms with Crippen LogP contribution in [-0.2, 0) is 0 Å². The predicted molar refractivity (Wildman–Crippen MR) is 222 cm³/mol. The van der Waals surface area contributed by atoms with E-state index < -0.39 is 0 Å². The van der Waals surface area contributed by atoms with Crippen LogP contribution in [0.4, 0.5) is 0 Å². The zero-order chi connectivity index (χ0) is 35.0. The van der Waals surface area contributed by atoms with Gasteiger partial charge < -0.3 is 8.83 Å². The monoisotopic (exact) mass is 676 g/mol. The third-order valence-electron chi connectivity index (χ3n) is 11.0. The molecule has 0 bridgehead atoms. The minimum atomic E-state index is 0.876. The number of benzene rings is 9. The van der Waals surface area contributed by atoms with E-state index in [9.17, 15) is 0 Å². The van der Waals surface area contributed by atoms with Crippen molar-refractivity contribution in [3.63, 3.8) is 0 Å². The first-order valence-corrected chi connectivity index (χ1v) is 18.2. The third kappa shape index (κ3) is 4.39. The first-order valence-electron chi connectivity index (χ1n) is 18.2. The van der Waals surface area contributed by atoms with Gasteiger partial charge in [-0.3, -0.25) is 0 Å². The van der Waals surface area contributed by atoms with Crippen LogP contribution in [0, 0.1) is 6.92 Å². The summed E-state index contributed by atoms with van der Waals surface area (Å²) in [5, 5.41) is 11.8. The molecular formula is C51H32O2. The van der Waals surface area contributed by atoms with E-state index in [1.807, 2.05) is 13.0 Å². The molecule has 2 nitrogen and oxygen atoms in total. The highest BCUT2D eigenvalue weighted by Gasteiger charge is 2.24. The van der Waals surface area contributed by atoms with Gasteiger partial charge in [-0.05, 0) is 90.5 Å². The van der Waals surface area contributed by atoms with Gasteiger partial charge in [0, 0.05) is 27.5 Å². The van der Waals surface area contributed by atoms with E-state index in [2.05, 4.69) is 170 Å². The SMILES string of the molecule is Cc1ccc(-c2c3ccccc3c(-c3cccc4c3oc3cccc(-c5c6ccccc6c(-c6ccccc6)c6ccccc56)c34)c3ccccc23)o1. The van der Waals surface area contributed by atoms with E-state index >= 15 is 0 Å². The molecule has 11 rings (SSSR count). The quantitative estimate of drug-likeness (QED) is 0.173. The van der Waals surface area contributed by atoms with E-state index in [1.165, 1.54) is 43.8 Å². The van der Waals surface area contributed by atoms with Crippen LogP contribution < -0.4 is 0 Å². The molecule has 2 heteroatoms. The minimum absolute atomic E-state index is 0.876. The van der Waals surface area contributed by atoms with Crippen molar-refractivity contribution < 1.29 is 8.83 Å². The molecule has 2 heterocycles. The average Bonchev–Trinajstić information content (AvgIpc) is 3.82. The topological polar surface area (TPSA) is 26.3 Å². The summed E-state index contributed by atoms with van der Waals surface area (Å²) in [4.78, 5) is 0. The van der Waals surface area contributed by atoms with Gasteiger partial charge in [0.1, 0.15) is 22.7 Å². The molecular weight excluding hydrogens is 645 g/mol. The fraction of sp³-hybridized carbons (Fsp3) is 0.0196. The Morgan fingerprint density at radius 3 is 1.32 bits per heavy atom. The number of aryl methyl sites for hydroxylation is 1. The Morgan fingerprint density at radius 1 is 0.321 bits per heavy atom. The maximum absolute atomic E-state index is 7.01. The molecule has 0 N–H and O–H groups in total. The van der Waals surface area contributed by atoms with E-state index in [0.717, 1.165) is 71.7 Å². The molecule has 248 valence electrons. The molecule has 0 atom stereocenters. The second-order valence-corrected chi connectivity index (χ2v) is 13.9. The van der Waals surface area contributed by atoms with Gasteiger partial charge in [-0.25, -0.2) is 0 Å². The summed E-state index contributed by atoms with van der Waals surface area (Å²) in [6, 6.07) is 63.1. The highest BCUT2D eigenvalue weighted by molar-refractivity contribution is 6.28. The second-order valence-electron chi connectivity index (χ2n) is 13.9. The van der Waals surface area contributed by atoms with Crippen LogP contribution in [0.2, 0.25) is 0 Å². The van der Waals surface area contributed by atoms with Crippen molar-refractivity contribution in [2.24, 2.45) is 0 Å². The molecule has 0 aliphatic heterocycles. The smallest absolute Gasteiger partial charge is 0.143 e. The molecule has 0 amide bonds. The summed E-state index contributed by atoms with van der Waals surface area (Å²) < 4.78 is 13.3. The molecule has 0 fully saturated rings. The van der Waals surface area contributed by atoms with Crippen molar-refractivity contribution in [3.8, 4) is 44.7 Å². The lowest BCUT2D eigenvalue weighted by Crippen LogP contribution is -1.91. The Kier molecular flexibility index (Phi) is 6.50. The Hall–Kier alpha value is -6.90. The van der Waals surface area contributed by atoms with Crippen LogP contribution in [0.1, 0.15) is 5.76 Å². The Bertz CT molecular complexity index is 3120. The molecule has 11 aromatic rings. The first kappa shape index (κ1) is 29.8. The van der Waals surface area contributed by atoms with Crippen LogP contribution >= 0.6 is 0 Å². The van der Waals surface area contributed by atoms with E-state index in [4.69, 9.17) is 8.83 Å². The van der Waals surface area contributed by atoms with Gasteiger partial charge in [0.2, 0.25) is 0 Å². The van der Waals surface area contributed by atoms with Crippen molar-refractivity contribution in [2.45, 2.75) is 6.92 Å². The second kappa shape index (κ2) is 11.6. The lowest BCUT2D eigenvalue weighted by Gasteiger charge is -2.18. The van der Waals surface area contributed by atoms with E-state index in [0.29, 0.717) is 0 Å². The molecule has 9 aromatic carbocycles. The zero-order valence-electron chi connectivity index (χ0n) is 29.1. The van der Waals surface area contributed by atoms with Crippen molar-refractivity contribution in [1.82, 2.24) is 0 Å². The number of rotatable bonds is 4. The van der Waals surface area contributed by atoms with Crippen molar-refractivity contribution in [3.05, 3.63) is 182 Å². The molecule has 53 heavy (non-hydrogen) atoms. The van der Waals surface area contributed by atoms with Crippen molar-refractivity contribution in [1.29, 1.82) is 0 Å². The molecule has 2 aromatic heterocycles. The molecule has 0 aliphatic carbocycles. The summed E-state index contributed by atoms with van der Waals surface area (Å²) in [7, 11) is 0. The minimum Gasteiger partial charge on any atom is -0.461 e. The molecule has 0 saturated heterocycles. The summed E-state index contributed by atoms with van der Waals surface area (Å²) >= 11 is 0. The normalized spacial score (nSPS) is 11.9. The van der Waals surface area contributed by atoms with Crippen LogP contribution in [0.25, 0.3) is 110 Å². The van der Waals surface area contributed by atoms with Gasteiger partial charge in [-0.1, -0.05) is 158 Å². The van der Waals surface area contributed by atoms with Gasteiger partial charge >= 0.3 is 0 Å². The number of fused-ring (bicyclic) bond motifs is 7. The number of hydrogen-bond acceptors (Lipinski definition) is 2. The lowest BCUT2D eigenvalue weighted by molar-refractivity contribution is 0.549. The molecule has 0 aliphatic rings. The maximum atomic E-state index is 7.01. The fourth-order valence-electron chi connectivity index (χ4n) is 8.84. The summed E-state index contributed by atoms with van der Waals surface area (Å²) in [6.45, 7) is 2.00. The Labute approximate surface area is 306 Å². The van der Waals surface area contributed by atoms with E-state index in [-0.39, 0.29) is 0 Å². The first-order chi connectivity index (χ1) is 26.2. The van der Waals surface area contributed by atoms with Crippen molar-refractivity contribution >= 4 is 65.0 Å². The predicted octanol–water partition coefficient (Wildman–Crippen LogP) is 14.8. The number of para-hydroxylation sites is 1. The molecule has 0 saturated carbocycles. The highest BCUT2D eigenvalue weighted by Crippen LogP contribution is 2.50. The number of hydrogen-bond donors (Lipinski definition) is 0. The van der Waals surface area contributed by atoms with E-state index in [1.54, 1.807) is 0 Å². The lowest BCUT2D eigenvalue weighted by atomic mass is 9.84. The average molecular weight is 677 g/mol. The summed E-state index contributed by atoms with van der Waals surface area (Å²) in [5.74, 6) is 1.78. The molecule has 0 spiro atoms. The standard InChI is InChI=1S/C51H32O2/c1-31-29-30-45(52-31)49-39-23-11-9-21-37(39)48(38-22-10-12-24-40(38)49)42-26-13-27-43-50-41(25-14-28-44(50)53-51(42)43)47-35-19-7-5-17-33(35)46(32-15-3-2-4-16-32)34-18-6-8-20-36(34)47/h2-30H,1H3. The molecule has 0 unspecified atom stereocenters. The van der Waals surface area contributed by atoms with Gasteiger partial charge in [0.25, 0.3) is 0 Å². The highest BCUT2D eigenvalue weighted by atomic mass is 16.3. The fourth-order valence-corrected chi connectivity index (χ4v) is 8.84. The van der Waals surface area contributed by atoms with Gasteiger partial charge in [-0.15, -0.1) is 0 Å². The van der Waals surface area contributed by atoms with Crippen LogP contribution in [-0.4, -0.2) is 0 Å².